The number of nitrogens with one attached hydrogen (secondary N) is 2. The molecular weight excluding hydrogens is 376 g/mol. The van der Waals surface area contributed by atoms with Crippen molar-refractivity contribution in [3.05, 3.63) is 65.8 Å². The van der Waals surface area contributed by atoms with E-state index in [1.54, 1.807) is 11.8 Å². The molecule has 2 N–H and O–H groups in total. The Morgan fingerprint density at radius 1 is 1.15 bits per heavy atom. The van der Waals surface area contributed by atoms with Gasteiger partial charge >= 0.3 is 0 Å². The van der Waals surface area contributed by atoms with E-state index in [9.17, 15) is 4.79 Å². The van der Waals surface area contributed by atoms with E-state index in [1.165, 1.54) is 11.3 Å². The molecule has 7 heteroatoms. The lowest BCUT2D eigenvalue weighted by molar-refractivity contribution is -0.113. The molecule has 1 unspecified atom stereocenters. The van der Waals surface area contributed by atoms with Crippen LogP contribution in [0, 0.1) is 0 Å². The average molecular weight is 395 g/mol. The number of nitrogens with zero attached hydrogens (tertiary/aromatic N) is 2. The first-order chi connectivity index (χ1) is 13.2. The molecule has 27 heavy (non-hydrogen) atoms. The first kappa shape index (κ1) is 17.8. The van der Waals surface area contributed by atoms with Crippen molar-refractivity contribution in [2.75, 3.05) is 11.1 Å². The van der Waals surface area contributed by atoms with Gasteiger partial charge in [-0.05, 0) is 19.1 Å². The summed E-state index contributed by atoms with van der Waals surface area (Å²) in [6, 6.07) is 17.9. The van der Waals surface area contributed by atoms with Crippen LogP contribution in [0.1, 0.15) is 18.0 Å². The van der Waals surface area contributed by atoms with Gasteiger partial charge in [-0.2, -0.15) is 0 Å². The number of thioether (sulfide) groups is 1. The molecule has 0 aliphatic carbocycles. The molecule has 0 aliphatic heterocycles. The molecule has 2 heterocycles. The lowest BCUT2D eigenvalue weighted by Crippen LogP contribution is -2.14. The molecule has 0 fully saturated rings. The van der Waals surface area contributed by atoms with E-state index >= 15 is 0 Å². The number of imidazole rings is 1. The molecule has 4 rings (SSSR count). The van der Waals surface area contributed by atoms with Crippen LogP contribution < -0.4 is 5.32 Å². The van der Waals surface area contributed by atoms with E-state index in [1.807, 2.05) is 66.9 Å². The molecule has 136 valence electrons. The Morgan fingerprint density at radius 3 is 2.74 bits per heavy atom. The number of anilines is 1. The van der Waals surface area contributed by atoms with Crippen molar-refractivity contribution in [3.63, 3.8) is 0 Å². The highest BCUT2D eigenvalue weighted by atomic mass is 32.2. The number of amides is 1. The molecule has 0 saturated carbocycles. The molecule has 1 amide bonds. The SMILES string of the molecule is CC(SCC(=O)Nc1nc(-c2ccccc2)cs1)c1nc2ccccc2[nH]1. The van der Waals surface area contributed by atoms with Gasteiger partial charge in [0.15, 0.2) is 5.13 Å². The Hall–Kier alpha value is -2.64. The van der Waals surface area contributed by atoms with Gasteiger partial charge in [0.25, 0.3) is 0 Å². The Morgan fingerprint density at radius 2 is 1.93 bits per heavy atom. The third kappa shape index (κ3) is 4.20. The van der Waals surface area contributed by atoms with Gasteiger partial charge in [0, 0.05) is 10.9 Å². The fraction of sp³-hybridized carbons (Fsp3) is 0.150. The largest absolute Gasteiger partial charge is 0.341 e. The van der Waals surface area contributed by atoms with E-state index in [4.69, 9.17) is 0 Å². The van der Waals surface area contributed by atoms with Crippen molar-refractivity contribution in [1.29, 1.82) is 0 Å². The summed E-state index contributed by atoms with van der Waals surface area (Å²) < 4.78 is 0. The Bertz CT molecular complexity index is 1020. The summed E-state index contributed by atoms with van der Waals surface area (Å²) in [7, 11) is 0. The van der Waals surface area contributed by atoms with E-state index in [2.05, 4.69) is 20.3 Å². The van der Waals surface area contributed by atoms with E-state index in [0.717, 1.165) is 28.1 Å². The van der Waals surface area contributed by atoms with Crippen LogP contribution in [0.3, 0.4) is 0 Å². The molecular formula is C20H18N4OS2. The Kier molecular flexibility index (Phi) is 5.22. The number of aromatic amines is 1. The molecule has 1 atom stereocenters. The predicted octanol–water partition coefficient (Wildman–Crippen LogP) is 5.12. The van der Waals surface area contributed by atoms with Gasteiger partial charge in [-0.3, -0.25) is 4.79 Å². The minimum atomic E-state index is -0.0584. The first-order valence-electron chi connectivity index (χ1n) is 8.56. The van der Waals surface area contributed by atoms with Crippen LogP contribution >= 0.6 is 23.1 Å². The summed E-state index contributed by atoms with van der Waals surface area (Å²) in [6.07, 6.45) is 0. The number of thiazole rings is 1. The highest BCUT2D eigenvalue weighted by Gasteiger charge is 2.14. The van der Waals surface area contributed by atoms with E-state index < -0.39 is 0 Å². The van der Waals surface area contributed by atoms with E-state index in [0.29, 0.717) is 10.9 Å². The van der Waals surface area contributed by atoms with Crippen LogP contribution in [-0.2, 0) is 4.79 Å². The number of H-pyrrole nitrogens is 1. The third-order valence-corrected chi connectivity index (χ3v) is 5.99. The maximum atomic E-state index is 12.3. The normalized spacial score (nSPS) is 12.2. The van der Waals surface area contributed by atoms with Gasteiger partial charge in [-0.25, -0.2) is 9.97 Å². The zero-order chi connectivity index (χ0) is 18.6. The molecule has 2 aromatic carbocycles. The fourth-order valence-corrected chi connectivity index (χ4v) is 4.15. The summed E-state index contributed by atoms with van der Waals surface area (Å²) in [5.41, 5.74) is 3.88. The standard InChI is InChI=1S/C20H18N4OS2/c1-13(19-21-15-9-5-6-10-16(15)22-19)26-12-18(25)24-20-23-17(11-27-20)14-7-3-2-4-8-14/h2-11,13H,12H2,1H3,(H,21,22)(H,23,24,25). The van der Waals surface area contributed by atoms with Gasteiger partial charge in [0.1, 0.15) is 5.82 Å². The second kappa shape index (κ2) is 7.94. The van der Waals surface area contributed by atoms with Crippen molar-refractivity contribution in [3.8, 4) is 11.3 Å². The smallest absolute Gasteiger partial charge is 0.236 e. The van der Waals surface area contributed by atoms with Crippen LogP contribution in [0.5, 0.6) is 0 Å². The second-order valence-corrected chi connectivity index (χ2v) is 8.23. The van der Waals surface area contributed by atoms with Crippen LogP contribution in [0.4, 0.5) is 5.13 Å². The van der Waals surface area contributed by atoms with Crippen LogP contribution in [0.2, 0.25) is 0 Å². The molecule has 5 nitrogen and oxygen atoms in total. The highest BCUT2D eigenvalue weighted by molar-refractivity contribution is 8.00. The minimum Gasteiger partial charge on any atom is -0.341 e. The predicted molar refractivity (Wildman–Crippen MR) is 113 cm³/mol. The summed E-state index contributed by atoms with van der Waals surface area (Å²) in [5.74, 6) is 1.17. The number of carbonyl (C=O) groups excluding carboxylic acids is 1. The topological polar surface area (TPSA) is 70.7 Å². The minimum absolute atomic E-state index is 0.0584. The van der Waals surface area contributed by atoms with Gasteiger partial charge in [-0.15, -0.1) is 23.1 Å². The average Bonchev–Trinajstić information content (AvgIpc) is 3.33. The first-order valence-corrected chi connectivity index (χ1v) is 10.5. The van der Waals surface area contributed by atoms with Crippen molar-refractivity contribution in [1.82, 2.24) is 15.0 Å². The van der Waals surface area contributed by atoms with E-state index in [-0.39, 0.29) is 11.2 Å². The Labute approximate surface area is 165 Å². The fourth-order valence-electron chi connectivity index (χ4n) is 2.67. The molecule has 0 bridgehead atoms. The number of benzene rings is 2. The molecule has 0 spiro atoms. The van der Waals surface area contributed by atoms with Crippen molar-refractivity contribution in [2.24, 2.45) is 0 Å². The number of para-hydroxylation sites is 2. The highest BCUT2D eigenvalue weighted by Crippen LogP contribution is 2.28. The van der Waals surface area contributed by atoms with Gasteiger partial charge in [0.2, 0.25) is 5.91 Å². The zero-order valence-corrected chi connectivity index (χ0v) is 16.3. The van der Waals surface area contributed by atoms with Crippen molar-refractivity contribution < 1.29 is 4.79 Å². The molecule has 0 radical (unpaired) electrons. The third-order valence-electron chi connectivity index (χ3n) is 4.08. The number of carbonyl (C=O) groups is 1. The van der Waals surface area contributed by atoms with Crippen LogP contribution in [-0.4, -0.2) is 26.6 Å². The molecule has 0 aliphatic rings. The maximum Gasteiger partial charge on any atom is 0.236 e. The summed E-state index contributed by atoms with van der Waals surface area (Å²) in [5, 5.41) is 5.55. The molecule has 2 aromatic heterocycles. The second-order valence-electron chi connectivity index (χ2n) is 6.04. The van der Waals surface area contributed by atoms with Crippen LogP contribution in [0.25, 0.3) is 22.3 Å². The van der Waals surface area contributed by atoms with Gasteiger partial charge in [0.05, 0.1) is 27.7 Å². The molecule has 4 aromatic rings. The maximum absolute atomic E-state index is 12.3. The van der Waals surface area contributed by atoms with Crippen molar-refractivity contribution in [2.45, 2.75) is 12.2 Å². The summed E-state index contributed by atoms with van der Waals surface area (Å²) >= 11 is 2.98. The molecule has 0 saturated heterocycles. The van der Waals surface area contributed by atoms with Gasteiger partial charge < -0.3 is 10.3 Å². The lowest BCUT2D eigenvalue weighted by Gasteiger charge is -2.07. The van der Waals surface area contributed by atoms with Crippen LogP contribution in [0.15, 0.2) is 60.0 Å². The number of fused-ring (bicyclic) bond motifs is 1. The Balaban J connectivity index is 1.33. The summed E-state index contributed by atoms with van der Waals surface area (Å²) in [4.78, 5) is 24.7. The lowest BCUT2D eigenvalue weighted by atomic mass is 10.2. The summed E-state index contributed by atoms with van der Waals surface area (Å²) in [6.45, 7) is 2.05. The van der Waals surface area contributed by atoms with Gasteiger partial charge in [-0.1, -0.05) is 42.5 Å². The number of hydrogen-bond acceptors (Lipinski definition) is 5. The quantitative estimate of drug-likeness (QED) is 0.476. The van der Waals surface area contributed by atoms with Crippen molar-refractivity contribution >= 4 is 45.2 Å². The number of hydrogen-bond donors (Lipinski definition) is 2. The monoisotopic (exact) mass is 394 g/mol. The zero-order valence-electron chi connectivity index (χ0n) is 14.7. The number of aromatic nitrogens is 3. The number of rotatable bonds is 6.